The fourth-order valence-corrected chi connectivity index (χ4v) is 2.46. The lowest BCUT2D eigenvalue weighted by Gasteiger charge is -2.05. The lowest BCUT2D eigenvalue weighted by atomic mass is 10.2. The van der Waals surface area contributed by atoms with Crippen LogP contribution in [0.15, 0.2) is 41.5 Å². The fourth-order valence-electron chi connectivity index (χ4n) is 1.75. The van der Waals surface area contributed by atoms with Crippen LogP contribution >= 0.6 is 11.3 Å². The molecule has 0 bridgehead atoms. The number of hydrogen-bond donors (Lipinski definition) is 1. The number of fused-ring (bicyclic) bond motifs is 1. The molecule has 17 heavy (non-hydrogen) atoms. The van der Waals surface area contributed by atoms with E-state index < -0.39 is 0 Å². The molecule has 0 saturated carbocycles. The van der Waals surface area contributed by atoms with Gasteiger partial charge < -0.3 is 5.32 Å². The molecule has 3 rings (SSSR count). The van der Waals surface area contributed by atoms with Crippen LogP contribution in [0.25, 0.3) is 5.52 Å². The monoisotopic (exact) mass is 244 g/mol. The van der Waals surface area contributed by atoms with Crippen LogP contribution in [0.4, 0.5) is 5.82 Å². The van der Waals surface area contributed by atoms with Crippen molar-refractivity contribution in [2.75, 3.05) is 11.9 Å². The van der Waals surface area contributed by atoms with E-state index in [1.807, 2.05) is 16.8 Å². The highest BCUT2D eigenvalue weighted by Crippen LogP contribution is 2.12. The second kappa shape index (κ2) is 4.55. The molecule has 0 radical (unpaired) electrons. The van der Waals surface area contributed by atoms with Crippen molar-refractivity contribution in [2.24, 2.45) is 0 Å². The highest BCUT2D eigenvalue weighted by molar-refractivity contribution is 7.07. The molecule has 3 aromatic rings. The molecule has 0 aliphatic rings. The van der Waals surface area contributed by atoms with Gasteiger partial charge in [0.05, 0.1) is 6.20 Å². The average Bonchev–Trinajstić information content (AvgIpc) is 2.99. The highest BCUT2D eigenvalue weighted by atomic mass is 32.1. The smallest absolute Gasteiger partial charge is 0.152 e. The Morgan fingerprint density at radius 1 is 1.29 bits per heavy atom. The second-order valence-electron chi connectivity index (χ2n) is 3.75. The van der Waals surface area contributed by atoms with E-state index in [1.54, 1.807) is 23.7 Å². The van der Waals surface area contributed by atoms with Crippen LogP contribution in [-0.4, -0.2) is 21.1 Å². The molecule has 0 fully saturated rings. The van der Waals surface area contributed by atoms with E-state index in [0.717, 1.165) is 24.3 Å². The number of hydrogen-bond acceptors (Lipinski definition) is 4. The van der Waals surface area contributed by atoms with Crippen molar-refractivity contribution in [3.63, 3.8) is 0 Å². The van der Waals surface area contributed by atoms with Gasteiger partial charge in [-0.2, -0.15) is 16.4 Å². The summed E-state index contributed by atoms with van der Waals surface area (Å²) in [5.41, 5.74) is 2.38. The van der Waals surface area contributed by atoms with Crippen molar-refractivity contribution in [1.82, 2.24) is 14.6 Å². The van der Waals surface area contributed by atoms with Gasteiger partial charge in [0.2, 0.25) is 0 Å². The van der Waals surface area contributed by atoms with Crippen LogP contribution in [0, 0.1) is 0 Å². The Labute approximate surface area is 103 Å². The summed E-state index contributed by atoms with van der Waals surface area (Å²) in [6.45, 7) is 0.884. The number of aromatic nitrogens is 3. The summed E-state index contributed by atoms with van der Waals surface area (Å²) in [5, 5.41) is 11.8. The van der Waals surface area contributed by atoms with Crippen molar-refractivity contribution in [3.05, 3.63) is 47.0 Å². The summed E-state index contributed by atoms with van der Waals surface area (Å²) < 4.78 is 1.82. The predicted molar refractivity (Wildman–Crippen MR) is 69.5 cm³/mol. The molecular formula is C12H12N4S. The van der Waals surface area contributed by atoms with E-state index in [2.05, 4.69) is 32.2 Å². The van der Waals surface area contributed by atoms with E-state index >= 15 is 0 Å². The fraction of sp³-hybridized carbons (Fsp3) is 0.167. The molecule has 0 aromatic carbocycles. The molecule has 0 unspecified atom stereocenters. The summed E-state index contributed by atoms with van der Waals surface area (Å²) in [5.74, 6) is 0.889. The quantitative estimate of drug-likeness (QED) is 0.766. The number of rotatable bonds is 4. The topological polar surface area (TPSA) is 42.2 Å². The van der Waals surface area contributed by atoms with Gasteiger partial charge in [0.25, 0.3) is 0 Å². The molecule has 5 heteroatoms. The van der Waals surface area contributed by atoms with Crippen LogP contribution in [0.2, 0.25) is 0 Å². The minimum absolute atomic E-state index is 0.884. The summed E-state index contributed by atoms with van der Waals surface area (Å²) in [7, 11) is 0. The second-order valence-corrected chi connectivity index (χ2v) is 4.53. The number of thiophene rings is 1. The standard InChI is InChI=1S/C12H12N4S/c1(10-3-8-17-9-10)4-13-12-11-2-5-15-16(11)7-6-14-12/h2-3,5-9H,1,4H2,(H,13,14). The molecule has 4 nitrogen and oxygen atoms in total. The van der Waals surface area contributed by atoms with Gasteiger partial charge in [0.1, 0.15) is 5.52 Å². The maximum atomic E-state index is 4.33. The summed E-state index contributed by atoms with van der Waals surface area (Å²) >= 11 is 1.73. The number of anilines is 1. The maximum Gasteiger partial charge on any atom is 0.152 e. The third kappa shape index (κ3) is 2.14. The first-order valence-electron chi connectivity index (χ1n) is 5.47. The van der Waals surface area contributed by atoms with Gasteiger partial charge in [-0.05, 0) is 34.9 Å². The first-order valence-corrected chi connectivity index (χ1v) is 6.41. The van der Waals surface area contributed by atoms with Crippen LogP contribution in [0.5, 0.6) is 0 Å². The van der Waals surface area contributed by atoms with Crippen molar-refractivity contribution in [2.45, 2.75) is 6.42 Å². The Bertz CT molecular complexity index is 600. The molecule has 0 saturated heterocycles. The molecular weight excluding hydrogens is 232 g/mol. The maximum absolute atomic E-state index is 4.33. The third-order valence-corrected chi connectivity index (χ3v) is 3.34. The summed E-state index contributed by atoms with van der Waals surface area (Å²) in [6, 6.07) is 4.11. The van der Waals surface area contributed by atoms with Gasteiger partial charge in [0, 0.05) is 18.9 Å². The Kier molecular flexibility index (Phi) is 2.75. The zero-order valence-corrected chi connectivity index (χ0v) is 10.0. The van der Waals surface area contributed by atoms with Crippen LogP contribution in [0.1, 0.15) is 5.56 Å². The van der Waals surface area contributed by atoms with E-state index in [4.69, 9.17) is 0 Å². The van der Waals surface area contributed by atoms with Gasteiger partial charge in [-0.3, -0.25) is 0 Å². The first-order chi connectivity index (χ1) is 8.43. The minimum Gasteiger partial charge on any atom is -0.368 e. The van der Waals surface area contributed by atoms with Gasteiger partial charge in [0.15, 0.2) is 5.82 Å². The highest BCUT2D eigenvalue weighted by Gasteiger charge is 2.02. The zero-order valence-electron chi connectivity index (χ0n) is 9.21. The Morgan fingerprint density at radius 2 is 2.29 bits per heavy atom. The molecule has 0 atom stereocenters. The van der Waals surface area contributed by atoms with E-state index in [1.165, 1.54) is 5.56 Å². The zero-order chi connectivity index (χ0) is 11.5. The van der Waals surface area contributed by atoms with E-state index in [9.17, 15) is 0 Å². The molecule has 1 N–H and O–H groups in total. The van der Waals surface area contributed by atoms with Crippen molar-refractivity contribution >= 4 is 22.7 Å². The van der Waals surface area contributed by atoms with Crippen molar-refractivity contribution in [1.29, 1.82) is 0 Å². The normalized spacial score (nSPS) is 10.8. The Morgan fingerprint density at radius 3 is 3.18 bits per heavy atom. The lowest BCUT2D eigenvalue weighted by molar-refractivity contribution is 0.937. The summed E-state index contributed by atoms with van der Waals surface area (Å²) in [6.07, 6.45) is 6.40. The van der Waals surface area contributed by atoms with Crippen molar-refractivity contribution < 1.29 is 0 Å². The molecule has 3 aromatic heterocycles. The number of nitrogens with one attached hydrogen (secondary N) is 1. The molecule has 0 spiro atoms. The third-order valence-electron chi connectivity index (χ3n) is 2.61. The summed E-state index contributed by atoms with van der Waals surface area (Å²) in [4.78, 5) is 4.33. The van der Waals surface area contributed by atoms with Gasteiger partial charge in [-0.25, -0.2) is 9.50 Å². The lowest BCUT2D eigenvalue weighted by Crippen LogP contribution is -2.07. The van der Waals surface area contributed by atoms with Crippen molar-refractivity contribution in [3.8, 4) is 0 Å². The minimum atomic E-state index is 0.884. The Hall–Kier alpha value is -1.88. The van der Waals surface area contributed by atoms with Crippen LogP contribution < -0.4 is 5.32 Å². The first kappa shape index (κ1) is 10.3. The molecule has 0 aliphatic heterocycles. The van der Waals surface area contributed by atoms with Crippen LogP contribution in [-0.2, 0) is 6.42 Å². The SMILES string of the molecule is c1cn2nccc2c(NCCc2ccsc2)n1. The largest absolute Gasteiger partial charge is 0.368 e. The number of nitrogens with zero attached hydrogens (tertiary/aromatic N) is 3. The Balaban J connectivity index is 1.70. The average molecular weight is 244 g/mol. The van der Waals surface area contributed by atoms with Gasteiger partial charge in [-0.15, -0.1) is 0 Å². The molecule has 0 amide bonds. The van der Waals surface area contributed by atoms with Gasteiger partial charge in [-0.1, -0.05) is 0 Å². The predicted octanol–water partition coefficient (Wildman–Crippen LogP) is 2.45. The molecule has 3 heterocycles. The molecule has 86 valence electrons. The van der Waals surface area contributed by atoms with E-state index in [-0.39, 0.29) is 0 Å². The molecule has 0 aliphatic carbocycles. The van der Waals surface area contributed by atoms with E-state index in [0.29, 0.717) is 0 Å². The van der Waals surface area contributed by atoms with Crippen LogP contribution in [0.3, 0.4) is 0 Å². The van der Waals surface area contributed by atoms with Gasteiger partial charge >= 0.3 is 0 Å².